The van der Waals surface area contributed by atoms with Crippen LogP contribution in [0.25, 0.3) is 11.1 Å². The lowest BCUT2D eigenvalue weighted by molar-refractivity contribution is -0.144. The van der Waals surface area contributed by atoms with Crippen LogP contribution in [0.15, 0.2) is 67.0 Å². The third kappa shape index (κ3) is 8.91. The molecule has 0 radical (unpaired) electrons. The number of carboxylic acid groups (broad SMARTS) is 1. The van der Waals surface area contributed by atoms with Crippen molar-refractivity contribution in [3.05, 3.63) is 99.8 Å². The molecule has 3 aliphatic heterocycles. The van der Waals surface area contributed by atoms with Crippen LogP contribution in [0.5, 0.6) is 23.0 Å². The highest BCUT2D eigenvalue weighted by Gasteiger charge is 2.30. The molecular weight excluding hydrogens is 708 g/mol. The lowest BCUT2D eigenvalue weighted by atomic mass is 9.96. The summed E-state index contributed by atoms with van der Waals surface area (Å²) < 4.78 is 25.1. The van der Waals surface area contributed by atoms with Crippen LogP contribution in [0.2, 0.25) is 5.02 Å². The molecule has 3 atom stereocenters. The van der Waals surface area contributed by atoms with Crippen LogP contribution in [0.1, 0.15) is 59.9 Å². The van der Waals surface area contributed by atoms with Crippen molar-refractivity contribution in [2.75, 3.05) is 32.8 Å². The molecule has 3 aromatic carbocycles. The van der Waals surface area contributed by atoms with Crippen molar-refractivity contribution in [1.82, 2.24) is 14.8 Å². The zero-order valence-electron chi connectivity index (χ0n) is 30.4. The van der Waals surface area contributed by atoms with Gasteiger partial charge in [0.1, 0.15) is 49.5 Å². The lowest BCUT2D eigenvalue weighted by Crippen LogP contribution is -2.44. The number of carbonyl (C=O) groups is 1. The molecule has 0 amide bonds. The van der Waals surface area contributed by atoms with Crippen molar-refractivity contribution in [2.45, 2.75) is 77.0 Å². The number of halogens is 1. The van der Waals surface area contributed by atoms with Crippen LogP contribution < -0.4 is 18.9 Å². The summed E-state index contributed by atoms with van der Waals surface area (Å²) in [5.74, 6) is 1.57. The first-order valence-corrected chi connectivity index (χ1v) is 18.9. The van der Waals surface area contributed by atoms with E-state index in [1.54, 1.807) is 24.4 Å². The van der Waals surface area contributed by atoms with Crippen molar-refractivity contribution in [2.24, 2.45) is 0 Å². The molecule has 1 aromatic heterocycles. The summed E-state index contributed by atoms with van der Waals surface area (Å²) in [6, 6.07) is 19.0. The van der Waals surface area contributed by atoms with Gasteiger partial charge in [0.15, 0.2) is 11.5 Å². The number of aliphatic hydroxyl groups excluding tert-OH is 1. The number of hydrogen-bond acceptors (Lipinski definition) is 10. The third-order valence-electron chi connectivity index (χ3n) is 10.5. The van der Waals surface area contributed by atoms with Crippen molar-refractivity contribution >= 4 is 17.6 Å². The molecule has 2 unspecified atom stereocenters. The normalized spacial score (nSPS) is 20.0. The molecule has 2 fully saturated rings. The number of ether oxygens (including phenoxy) is 4. The lowest BCUT2D eigenvalue weighted by Gasteiger charge is -2.33. The van der Waals surface area contributed by atoms with Gasteiger partial charge in [-0.3, -0.25) is 14.7 Å². The average Bonchev–Trinajstić information content (AvgIpc) is 3.61. The van der Waals surface area contributed by atoms with Gasteiger partial charge in [-0.1, -0.05) is 42.3 Å². The Morgan fingerprint density at radius 3 is 2.70 bits per heavy atom. The quantitative estimate of drug-likeness (QED) is 0.150. The molecule has 0 aliphatic carbocycles. The summed E-state index contributed by atoms with van der Waals surface area (Å²) in [6.07, 6.45) is 6.86. The highest BCUT2D eigenvalue weighted by molar-refractivity contribution is 6.32. The average molecular weight is 753 g/mol. The summed E-state index contributed by atoms with van der Waals surface area (Å²) in [5.41, 5.74) is 5.99. The number of piperidine rings is 1. The maximum absolute atomic E-state index is 12.1. The monoisotopic (exact) mass is 752 g/mol. The van der Waals surface area contributed by atoms with Gasteiger partial charge in [0.25, 0.3) is 0 Å². The zero-order valence-corrected chi connectivity index (χ0v) is 31.1. The number of carboxylic acids is 1. The summed E-state index contributed by atoms with van der Waals surface area (Å²) in [7, 11) is 0. The molecule has 0 bridgehead atoms. The number of nitriles is 1. The van der Waals surface area contributed by atoms with Crippen molar-refractivity contribution < 1.29 is 34.0 Å². The van der Waals surface area contributed by atoms with Gasteiger partial charge in [0.2, 0.25) is 0 Å². The molecule has 2 N–H and O–H groups in total. The van der Waals surface area contributed by atoms with Crippen molar-refractivity contribution in [3.8, 4) is 40.2 Å². The maximum Gasteiger partial charge on any atom is 0.320 e. The minimum atomic E-state index is -0.837. The van der Waals surface area contributed by atoms with E-state index in [0.29, 0.717) is 54.7 Å². The van der Waals surface area contributed by atoms with Crippen molar-refractivity contribution in [1.29, 1.82) is 5.26 Å². The molecule has 0 spiro atoms. The van der Waals surface area contributed by atoms with E-state index in [9.17, 15) is 20.3 Å². The number of hydrogen-bond donors (Lipinski definition) is 2. The Kier molecular flexibility index (Phi) is 11.8. The Morgan fingerprint density at radius 2 is 1.89 bits per heavy atom. The van der Waals surface area contributed by atoms with Gasteiger partial charge in [-0.05, 0) is 79.3 Å². The second-order valence-electron chi connectivity index (χ2n) is 14.3. The molecule has 0 saturated carbocycles. The number of nitrogens with zero attached hydrogens (tertiary/aromatic N) is 4. The van der Waals surface area contributed by atoms with Crippen LogP contribution in [-0.2, 0) is 24.6 Å². The second-order valence-corrected chi connectivity index (χ2v) is 14.7. The van der Waals surface area contributed by atoms with Crippen LogP contribution in [0.4, 0.5) is 0 Å². The molecule has 12 heteroatoms. The maximum atomic E-state index is 12.1. The van der Waals surface area contributed by atoms with E-state index in [2.05, 4.69) is 28.9 Å². The second kappa shape index (κ2) is 17.1. The summed E-state index contributed by atoms with van der Waals surface area (Å²) in [6.45, 7) is 6.45. The van der Waals surface area contributed by atoms with E-state index in [0.717, 1.165) is 83.7 Å². The number of benzene rings is 3. The molecule has 7 rings (SSSR count). The summed E-state index contributed by atoms with van der Waals surface area (Å²) >= 11 is 6.85. The SMILES string of the molecule is Cc1c(COc2cc(OCc3cncc(C#N)c3)c(CN3CCCCC3C(=O)O)cc2Cl)cccc1-c1ccc2c(c1)OC(CCN1CC[C@H](O)C1)CO2. The largest absolute Gasteiger partial charge is 0.488 e. The number of likely N-dealkylation sites (tertiary alicyclic amines) is 2. The number of pyridine rings is 1. The van der Waals surface area contributed by atoms with Gasteiger partial charge in [0.05, 0.1) is 16.7 Å². The van der Waals surface area contributed by atoms with Crippen LogP contribution in [-0.4, -0.2) is 82.0 Å². The molecule has 282 valence electrons. The molecule has 11 nitrogen and oxygen atoms in total. The third-order valence-corrected chi connectivity index (χ3v) is 10.8. The highest BCUT2D eigenvalue weighted by atomic mass is 35.5. The number of β-amino-alcohol motifs (C(OH)–C–C–N with tert-alkyl or cyclic N) is 1. The molecule has 2 saturated heterocycles. The summed E-state index contributed by atoms with van der Waals surface area (Å²) in [4.78, 5) is 20.4. The first kappa shape index (κ1) is 37.5. The number of fused-ring (bicyclic) bond motifs is 1. The molecule has 4 aromatic rings. The number of aromatic nitrogens is 1. The van der Waals surface area contributed by atoms with Gasteiger partial charge in [-0.15, -0.1) is 0 Å². The van der Waals surface area contributed by atoms with Gasteiger partial charge in [-0.2, -0.15) is 5.26 Å². The molecule has 3 aliphatic rings. The Morgan fingerprint density at radius 1 is 1.02 bits per heavy atom. The smallest absolute Gasteiger partial charge is 0.320 e. The standard InChI is InChI=1S/C42H45ClN4O7/c1-27-31(5-4-6-35(27)30-8-9-38-41(17-30)54-34(26-53-38)11-14-46-13-10-33(48)23-46)25-52-40-18-39(51-24-29-15-28(19-44)20-45-21-29)32(16-36(40)43)22-47-12-3-2-7-37(47)42(49)50/h4-6,8-9,15-18,20-21,33-34,37,48H,2-3,7,10-14,22-26H2,1H3,(H,49,50)/t33-,34?,37?/m0/s1. The Balaban J connectivity index is 1.07. The topological polar surface area (TPSA) is 138 Å². The minimum absolute atomic E-state index is 0.0610. The van der Waals surface area contributed by atoms with E-state index in [4.69, 9.17) is 30.5 Å². The first-order valence-electron chi connectivity index (χ1n) is 18.6. The van der Waals surface area contributed by atoms with E-state index in [1.807, 2.05) is 35.2 Å². The van der Waals surface area contributed by atoms with Gasteiger partial charge in [-0.25, -0.2) is 0 Å². The van der Waals surface area contributed by atoms with Crippen LogP contribution in [0, 0.1) is 18.3 Å². The van der Waals surface area contributed by atoms with E-state index < -0.39 is 12.0 Å². The number of rotatable bonds is 13. The summed E-state index contributed by atoms with van der Waals surface area (Å²) in [5, 5.41) is 29.5. The Hall–Kier alpha value is -4.86. The fourth-order valence-corrected chi connectivity index (χ4v) is 7.73. The predicted molar refractivity (Wildman–Crippen MR) is 203 cm³/mol. The first-order chi connectivity index (χ1) is 26.2. The number of aliphatic hydroxyl groups is 1. The van der Waals surface area contributed by atoms with Crippen LogP contribution in [0.3, 0.4) is 0 Å². The molecule has 4 heterocycles. The fraction of sp³-hybridized carbons (Fsp3) is 0.405. The highest BCUT2D eigenvalue weighted by Crippen LogP contribution is 2.39. The molecule has 54 heavy (non-hydrogen) atoms. The van der Waals surface area contributed by atoms with Gasteiger partial charge in [0, 0.05) is 62.2 Å². The predicted octanol–water partition coefficient (Wildman–Crippen LogP) is 6.78. The van der Waals surface area contributed by atoms with E-state index >= 15 is 0 Å². The fourth-order valence-electron chi connectivity index (χ4n) is 7.49. The van der Waals surface area contributed by atoms with Crippen LogP contribution >= 0.6 is 11.6 Å². The number of aliphatic carboxylic acids is 1. The van der Waals surface area contributed by atoms with E-state index in [-0.39, 0.29) is 25.4 Å². The van der Waals surface area contributed by atoms with Gasteiger partial charge < -0.3 is 34.1 Å². The zero-order chi connectivity index (χ0) is 37.6. The Labute approximate surface area is 320 Å². The van der Waals surface area contributed by atoms with Gasteiger partial charge >= 0.3 is 5.97 Å². The van der Waals surface area contributed by atoms with E-state index in [1.165, 1.54) is 6.20 Å². The van der Waals surface area contributed by atoms with Crippen molar-refractivity contribution in [3.63, 3.8) is 0 Å². The Bertz CT molecular complexity index is 2020. The molecular formula is C42H45ClN4O7. The minimum Gasteiger partial charge on any atom is -0.488 e.